The van der Waals surface area contributed by atoms with Crippen molar-refractivity contribution in [3.8, 4) is 5.75 Å². The third kappa shape index (κ3) is 4.46. The van der Waals surface area contributed by atoms with Crippen molar-refractivity contribution in [2.45, 2.75) is 26.8 Å². The molecule has 0 unspecified atom stereocenters. The SMILES string of the molecule is Cc1cc(C(=O)COC(=O)c2ccc(O)cc2)c(C)n1CCc1cccs1. The monoisotopic (exact) mass is 383 g/mol. The van der Waals surface area contributed by atoms with Crippen LogP contribution in [0, 0.1) is 13.8 Å². The number of hydrogen-bond donors (Lipinski definition) is 1. The van der Waals surface area contributed by atoms with Gasteiger partial charge in [0.05, 0.1) is 5.56 Å². The van der Waals surface area contributed by atoms with Gasteiger partial charge in [0.1, 0.15) is 5.75 Å². The minimum Gasteiger partial charge on any atom is -0.508 e. The molecular weight excluding hydrogens is 362 g/mol. The Kier molecular flexibility index (Phi) is 5.76. The Balaban J connectivity index is 1.63. The first-order chi connectivity index (χ1) is 13.0. The maximum absolute atomic E-state index is 12.5. The molecule has 1 aromatic carbocycles. The predicted octanol–water partition coefficient (Wildman–Crippen LogP) is 4.15. The summed E-state index contributed by atoms with van der Waals surface area (Å²) in [5.74, 6) is -0.745. The molecule has 0 aliphatic rings. The Bertz CT molecular complexity index is 939. The van der Waals surface area contributed by atoms with Crippen LogP contribution in [0.25, 0.3) is 0 Å². The van der Waals surface area contributed by atoms with Gasteiger partial charge in [0.2, 0.25) is 5.78 Å². The first-order valence-corrected chi connectivity index (χ1v) is 9.52. The number of ketones is 1. The fourth-order valence-electron chi connectivity index (χ4n) is 2.99. The molecule has 0 bridgehead atoms. The van der Waals surface area contributed by atoms with Crippen LogP contribution in [0.15, 0.2) is 47.8 Å². The van der Waals surface area contributed by atoms with E-state index in [0.717, 1.165) is 24.4 Å². The lowest BCUT2D eigenvalue weighted by Crippen LogP contribution is -2.15. The first-order valence-electron chi connectivity index (χ1n) is 8.64. The molecule has 1 N–H and O–H groups in total. The number of esters is 1. The average molecular weight is 383 g/mol. The second-order valence-electron chi connectivity index (χ2n) is 6.31. The molecule has 5 nitrogen and oxygen atoms in total. The van der Waals surface area contributed by atoms with Crippen LogP contribution in [-0.2, 0) is 17.7 Å². The van der Waals surface area contributed by atoms with Crippen LogP contribution in [0.1, 0.15) is 37.0 Å². The van der Waals surface area contributed by atoms with Crippen molar-refractivity contribution in [2.24, 2.45) is 0 Å². The maximum atomic E-state index is 12.5. The lowest BCUT2D eigenvalue weighted by atomic mass is 10.1. The van der Waals surface area contributed by atoms with E-state index in [1.807, 2.05) is 26.0 Å². The molecule has 2 aromatic heterocycles. The highest BCUT2D eigenvalue weighted by atomic mass is 32.1. The van der Waals surface area contributed by atoms with E-state index in [2.05, 4.69) is 16.0 Å². The van der Waals surface area contributed by atoms with Crippen LogP contribution in [0.3, 0.4) is 0 Å². The number of carbonyl (C=O) groups excluding carboxylic acids is 2. The van der Waals surface area contributed by atoms with Crippen molar-refractivity contribution in [1.29, 1.82) is 0 Å². The van der Waals surface area contributed by atoms with Gasteiger partial charge in [0.25, 0.3) is 0 Å². The highest BCUT2D eigenvalue weighted by Gasteiger charge is 2.18. The molecule has 0 aliphatic carbocycles. The maximum Gasteiger partial charge on any atom is 0.338 e. The zero-order valence-electron chi connectivity index (χ0n) is 15.3. The third-order valence-electron chi connectivity index (χ3n) is 4.47. The molecular formula is C21H21NO4S. The molecule has 3 aromatic rings. The van der Waals surface area contributed by atoms with Gasteiger partial charge in [-0.15, -0.1) is 11.3 Å². The van der Waals surface area contributed by atoms with Crippen molar-refractivity contribution < 1.29 is 19.4 Å². The number of aromatic hydroxyl groups is 1. The van der Waals surface area contributed by atoms with E-state index in [-0.39, 0.29) is 18.1 Å². The number of hydrogen-bond acceptors (Lipinski definition) is 5. The Morgan fingerprint density at radius 1 is 1.15 bits per heavy atom. The lowest BCUT2D eigenvalue weighted by Gasteiger charge is -2.09. The summed E-state index contributed by atoms with van der Waals surface area (Å²) in [5, 5.41) is 11.3. The van der Waals surface area contributed by atoms with Crippen LogP contribution in [-0.4, -0.2) is 28.0 Å². The molecule has 0 amide bonds. The standard InChI is InChI=1S/C21H21NO4S/c1-14-12-19(15(2)22(14)10-9-18-4-3-11-27-18)20(24)13-26-21(25)16-5-7-17(23)8-6-16/h3-8,11-12,23H,9-10,13H2,1-2H3. The molecule has 0 spiro atoms. The van der Waals surface area contributed by atoms with Crippen LogP contribution in [0.2, 0.25) is 0 Å². The van der Waals surface area contributed by atoms with E-state index in [4.69, 9.17) is 4.74 Å². The van der Waals surface area contributed by atoms with Gasteiger partial charge in [-0.25, -0.2) is 4.79 Å². The molecule has 2 heterocycles. The quantitative estimate of drug-likeness (QED) is 0.491. The van der Waals surface area contributed by atoms with E-state index >= 15 is 0 Å². The minimum absolute atomic E-state index is 0.0672. The van der Waals surface area contributed by atoms with E-state index in [9.17, 15) is 14.7 Å². The number of nitrogens with zero attached hydrogens (tertiary/aromatic N) is 1. The van der Waals surface area contributed by atoms with Gasteiger partial charge in [-0.2, -0.15) is 0 Å². The van der Waals surface area contributed by atoms with Crippen LogP contribution in [0.5, 0.6) is 5.75 Å². The first kappa shape index (κ1) is 18.9. The zero-order chi connectivity index (χ0) is 19.4. The van der Waals surface area contributed by atoms with Gasteiger partial charge in [0, 0.05) is 28.4 Å². The van der Waals surface area contributed by atoms with Crippen LogP contribution in [0.4, 0.5) is 0 Å². The topological polar surface area (TPSA) is 68.5 Å². The number of carbonyl (C=O) groups is 2. The van der Waals surface area contributed by atoms with Crippen molar-refractivity contribution in [2.75, 3.05) is 6.61 Å². The number of thiophene rings is 1. The molecule has 0 saturated heterocycles. The highest BCUT2D eigenvalue weighted by molar-refractivity contribution is 7.09. The summed E-state index contributed by atoms with van der Waals surface area (Å²) in [6, 6.07) is 11.7. The van der Waals surface area contributed by atoms with E-state index in [1.54, 1.807) is 11.3 Å². The molecule has 0 saturated carbocycles. The Morgan fingerprint density at radius 2 is 1.89 bits per heavy atom. The molecule has 0 fully saturated rings. The van der Waals surface area contributed by atoms with Gasteiger partial charge < -0.3 is 14.4 Å². The largest absolute Gasteiger partial charge is 0.508 e. The summed E-state index contributed by atoms with van der Waals surface area (Å²) in [7, 11) is 0. The molecule has 140 valence electrons. The van der Waals surface area contributed by atoms with E-state index in [0.29, 0.717) is 11.1 Å². The molecule has 27 heavy (non-hydrogen) atoms. The Labute approximate surface area is 161 Å². The summed E-state index contributed by atoms with van der Waals surface area (Å²) < 4.78 is 7.25. The minimum atomic E-state index is -0.588. The van der Waals surface area contributed by atoms with Gasteiger partial charge in [-0.3, -0.25) is 4.79 Å². The number of benzene rings is 1. The molecule has 0 radical (unpaired) electrons. The number of rotatable bonds is 7. The Morgan fingerprint density at radius 3 is 2.56 bits per heavy atom. The van der Waals surface area contributed by atoms with E-state index in [1.165, 1.54) is 29.1 Å². The summed E-state index contributed by atoms with van der Waals surface area (Å²) in [5.41, 5.74) is 2.77. The number of phenolic OH excluding ortho intramolecular Hbond substituents is 1. The highest BCUT2D eigenvalue weighted by Crippen LogP contribution is 2.18. The number of aryl methyl sites for hydroxylation is 2. The Hall–Kier alpha value is -2.86. The summed E-state index contributed by atoms with van der Waals surface area (Å²) >= 11 is 1.72. The van der Waals surface area contributed by atoms with Gasteiger partial charge in [-0.05, 0) is 62.0 Å². The fourth-order valence-corrected chi connectivity index (χ4v) is 3.69. The number of Topliss-reactive ketones (excluding diaryl/α,β-unsaturated/α-hetero) is 1. The number of aromatic nitrogens is 1. The second-order valence-corrected chi connectivity index (χ2v) is 7.34. The van der Waals surface area contributed by atoms with Crippen molar-refractivity contribution in [1.82, 2.24) is 4.57 Å². The molecule has 6 heteroatoms. The average Bonchev–Trinajstić information content (AvgIpc) is 3.27. The smallest absolute Gasteiger partial charge is 0.338 e. The summed E-state index contributed by atoms with van der Waals surface area (Å²) in [6.07, 6.45) is 0.914. The molecule has 3 rings (SSSR count). The van der Waals surface area contributed by atoms with Gasteiger partial charge >= 0.3 is 5.97 Å². The summed E-state index contributed by atoms with van der Waals surface area (Å²) in [6.45, 7) is 4.38. The lowest BCUT2D eigenvalue weighted by molar-refractivity contribution is 0.0474. The normalized spacial score (nSPS) is 10.7. The zero-order valence-corrected chi connectivity index (χ0v) is 16.1. The number of ether oxygens (including phenoxy) is 1. The van der Waals surface area contributed by atoms with Crippen molar-refractivity contribution >= 4 is 23.1 Å². The van der Waals surface area contributed by atoms with Gasteiger partial charge in [-0.1, -0.05) is 6.07 Å². The summed E-state index contributed by atoms with van der Waals surface area (Å²) in [4.78, 5) is 25.9. The number of phenols is 1. The van der Waals surface area contributed by atoms with Crippen LogP contribution < -0.4 is 0 Å². The van der Waals surface area contributed by atoms with Gasteiger partial charge in [0.15, 0.2) is 6.61 Å². The predicted molar refractivity (Wildman–Crippen MR) is 105 cm³/mol. The van der Waals surface area contributed by atoms with Crippen molar-refractivity contribution in [3.05, 3.63) is 75.2 Å². The fraction of sp³-hybridized carbons (Fsp3) is 0.238. The van der Waals surface area contributed by atoms with Crippen molar-refractivity contribution in [3.63, 3.8) is 0 Å². The molecule has 0 aliphatic heterocycles. The second kappa shape index (κ2) is 8.22. The molecule has 0 atom stereocenters. The van der Waals surface area contributed by atoms with Crippen LogP contribution >= 0.6 is 11.3 Å². The third-order valence-corrected chi connectivity index (χ3v) is 5.41. The van der Waals surface area contributed by atoms with E-state index < -0.39 is 5.97 Å².